The molecule has 28 heavy (non-hydrogen) atoms. The Kier molecular flexibility index (Phi) is 7.56. The highest BCUT2D eigenvalue weighted by Gasteiger charge is 2.30. The summed E-state index contributed by atoms with van der Waals surface area (Å²) in [7, 11) is -3.05. The standard InChI is InChI=1S/C19H26N2O6S/c1-3-21(4-2)19(24)15-6-5-7-16(11-15)20-17(22)12-27-18(23)10-14-8-9-28(25,26)13-14/h5-7,11,14H,3-4,8-10,12-13H2,1-2H3,(H,20,22)/t14-/m1/s1. The van der Waals surface area contributed by atoms with Crippen LogP contribution >= 0.6 is 0 Å². The number of benzene rings is 1. The Hall–Kier alpha value is -2.42. The molecule has 0 aromatic heterocycles. The van der Waals surface area contributed by atoms with Crippen molar-refractivity contribution >= 4 is 33.3 Å². The molecule has 8 nitrogen and oxygen atoms in total. The first kappa shape index (κ1) is 21.9. The lowest BCUT2D eigenvalue weighted by Crippen LogP contribution is -2.30. The number of carbonyl (C=O) groups is 3. The van der Waals surface area contributed by atoms with E-state index in [9.17, 15) is 22.8 Å². The predicted molar refractivity (Wildman–Crippen MR) is 105 cm³/mol. The maximum atomic E-state index is 12.4. The summed E-state index contributed by atoms with van der Waals surface area (Å²) in [4.78, 5) is 37.9. The number of sulfone groups is 1. The average molecular weight is 410 g/mol. The molecule has 1 aromatic rings. The summed E-state index contributed by atoms with van der Waals surface area (Å²) >= 11 is 0. The first-order valence-corrected chi connectivity index (χ1v) is 11.1. The van der Waals surface area contributed by atoms with E-state index < -0.39 is 28.3 Å². The topological polar surface area (TPSA) is 110 Å². The van der Waals surface area contributed by atoms with Crippen molar-refractivity contribution in [2.45, 2.75) is 26.7 Å². The van der Waals surface area contributed by atoms with E-state index in [-0.39, 0.29) is 29.8 Å². The fourth-order valence-corrected chi connectivity index (χ4v) is 4.96. The van der Waals surface area contributed by atoms with Gasteiger partial charge in [-0.1, -0.05) is 6.07 Å². The smallest absolute Gasteiger partial charge is 0.306 e. The molecule has 1 aromatic carbocycles. The second-order valence-corrected chi connectivity index (χ2v) is 8.97. The molecule has 1 N–H and O–H groups in total. The zero-order valence-corrected chi connectivity index (χ0v) is 17.0. The third-order valence-corrected chi connectivity index (χ3v) is 6.43. The molecule has 0 saturated carbocycles. The van der Waals surface area contributed by atoms with E-state index >= 15 is 0 Å². The molecule has 0 radical (unpaired) electrons. The van der Waals surface area contributed by atoms with E-state index in [1.54, 1.807) is 29.2 Å². The number of amides is 2. The predicted octanol–water partition coefficient (Wildman–Crippen LogP) is 1.48. The summed E-state index contributed by atoms with van der Waals surface area (Å²) < 4.78 is 27.7. The SMILES string of the molecule is CCN(CC)C(=O)c1cccc(NC(=O)COC(=O)C[C@H]2CCS(=O)(=O)C2)c1. The van der Waals surface area contributed by atoms with Gasteiger partial charge in [0.15, 0.2) is 16.4 Å². The van der Waals surface area contributed by atoms with E-state index in [4.69, 9.17) is 4.74 Å². The van der Waals surface area contributed by atoms with Crippen molar-refractivity contribution in [3.63, 3.8) is 0 Å². The number of hydrogen-bond donors (Lipinski definition) is 1. The van der Waals surface area contributed by atoms with E-state index in [2.05, 4.69) is 5.32 Å². The Morgan fingerprint density at radius 1 is 1.21 bits per heavy atom. The summed E-state index contributed by atoms with van der Waals surface area (Å²) in [6.07, 6.45) is 0.428. The van der Waals surface area contributed by atoms with Crippen molar-refractivity contribution in [1.82, 2.24) is 4.90 Å². The van der Waals surface area contributed by atoms with Gasteiger partial charge in [0.05, 0.1) is 11.5 Å². The molecule has 9 heteroatoms. The third kappa shape index (κ3) is 6.33. The first-order valence-electron chi connectivity index (χ1n) is 9.29. The van der Waals surface area contributed by atoms with Crippen molar-refractivity contribution in [1.29, 1.82) is 0 Å². The van der Waals surface area contributed by atoms with E-state index in [1.165, 1.54) is 0 Å². The molecule has 1 heterocycles. The van der Waals surface area contributed by atoms with E-state index in [1.807, 2.05) is 13.8 Å². The van der Waals surface area contributed by atoms with Gasteiger partial charge in [0.25, 0.3) is 11.8 Å². The summed E-state index contributed by atoms with van der Waals surface area (Å²) in [6, 6.07) is 6.55. The normalized spacial score (nSPS) is 17.7. The number of nitrogens with zero attached hydrogens (tertiary/aromatic N) is 1. The number of carbonyl (C=O) groups excluding carboxylic acids is 3. The minimum atomic E-state index is -3.05. The molecular weight excluding hydrogens is 384 g/mol. The van der Waals surface area contributed by atoms with Gasteiger partial charge in [-0.2, -0.15) is 0 Å². The lowest BCUT2D eigenvalue weighted by molar-refractivity contribution is -0.148. The molecule has 2 rings (SSSR count). The highest BCUT2D eigenvalue weighted by atomic mass is 32.2. The zero-order valence-electron chi connectivity index (χ0n) is 16.1. The summed E-state index contributed by atoms with van der Waals surface area (Å²) in [6.45, 7) is 4.49. The molecule has 0 spiro atoms. The van der Waals surface area contributed by atoms with Crippen molar-refractivity contribution < 1.29 is 27.5 Å². The van der Waals surface area contributed by atoms with Gasteiger partial charge in [-0.15, -0.1) is 0 Å². The lowest BCUT2D eigenvalue weighted by Gasteiger charge is -2.19. The fraction of sp³-hybridized carbons (Fsp3) is 0.526. The molecule has 1 saturated heterocycles. The molecule has 1 atom stereocenters. The number of hydrogen-bond acceptors (Lipinski definition) is 6. The quantitative estimate of drug-likeness (QED) is 0.650. The zero-order chi connectivity index (χ0) is 20.7. The maximum Gasteiger partial charge on any atom is 0.306 e. The number of anilines is 1. The minimum absolute atomic E-state index is 0.0122. The third-order valence-electron chi connectivity index (χ3n) is 4.59. The second kappa shape index (κ2) is 9.68. The Morgan fingerprint density at radius 3 is 2.54 bits per heavy atom. The van der Waals surface area contributed by atoms with Gasteiger partial charge < -0.3 is 15.0 Å². The molecule has 1 aliphatic heterocycles. The Morgan fingerprint density at radius 2 is 1.93 bits per heavy atom. The van der Waals surface area contributed by atoms with Crippen LogP contribution in [0.3, 0.4) is 0 Å². The summed E-state index contributed by atoms with van der Waals surface area (Å²) in [5, 5.41) is 2.59. The number of ether oxygens (including phenoxy) is 1. The van der Waals surface area contributed by atoms with Gasteiger partial charge in [-0.05, 0) is 44.4 Å². The fourth-order valence-electron chi connectivity index (χ4n) is 3.09. The molecule has 1 fully saturated rings. The van der Waals surface area contributed by atoms with E-state index in [0.717, 1.165) is 0 Å². The van der Waals surface area contributed by atoms with Crippen LogP contribution in [0, 0.1) is 5.92 Å². The van der Waals surface area contributed by atoms with E-state index in [0.29, 0.717) is 30.8 Å². The van der Waals surface area contributed by atoms with Crippen LogP contribution in [0.2, 0.25) is 0 Å². The van der Waals surface area contributed by atoms with Gasteiger partial charge in [0, 0.05) is 30.8 Å². The Balaban J connectivity index is 1.83. The summed E-state index contributed by atoms with van der Waals surface area (Å²) in [5.74, 6) is -1.42. The maximum absolute atomic E-state index is 12.4. The molecular formula is C19H26N2O6S. The van der Waals surface area contributed by atoms with Crippen LogP contribution < -0.4 is 5.32 Å². The van der Waals surface area contributed by atoms with Crippen LogP contribution in [0.1, 0.15) is 37.0 Å². The van der Waals surface area contributed by atoms with Gasteiger partial charge in [-0.25, -0.2) is 8.42 Å². The second-order valence-electron chi connectivity index (χ2n) is 6.74. The monoisotopic (exact) mass is 410 g/mol. The van der Waals surface area contributed by atoms with Crippen LogP contribution in [0.5, 0.6) is 0 Å². The van der Waals surface area contributed by atoms with Crippen molar-refractivity contribution in [3.8, 4) is 0 Å². The number of esters is 1. The first-order chi connectivity index (χ1) is 13.2. The molecule has 154 valence electrons. The van der Waals surface area contributed by atoms with Crippen LogP contribution in [-0.2, 0) is 24.2 Å². The van der Waals surface area contributed by atoms with Gasteiger partial charge >= 0.3 is 5.97 Å². The van der Waals surface area contributed by atoms with Crippen LogP contribution in [0.25, 0.3) is 0 Å². The van der Waals surface area contributed by atoms with Crippen molar-refractivity contribution in [2.75, 3.05) is 36.5 Å². The van der Waals surface area contributed by atoms with Gasteiger partial charge in [0.2, 0.25) is 0 Å². The summed E-state index contributed by atoms with van der Waals surface area (Å²) in [5.41, 5.74) is 0.891. The molecule has 2 amide bonds. The number of nitrogens with one attached hydrogen (secondary N) is 1. The molecule has 0 unspecified atom stereocenters. The largest absolute Gasteiger partial charge is 0.456 e. The lowest BCUT2D eigenvalue weighted by atomic mass is 10.1. The van der Waals surface area contributed by atoms with Crippen LogP contribution in [0.4, 0.5) is 5.69 Å². The highest BCUT2D eigenvalue weighted by Crippen LogP contribution is 2.21. The minimum Gasteiger partial charge on any atom is -0.456 e. The van der Waals surface area contributed by atoms with Crippen molar-refractivity contribution in [2.24, 2.45) is 5.92 Å². The molecule has 0 bridgehead atoms. The van der Waals surface area contributed by atoms with Gasteiger partial charge in [0.1, 0.15) is 0 Å². The van der Waals surface area contributed by atoms with Crippen molar-refractivity contribution in [3.05, 3.63) is 29.8 Å². The Bertz CT molecular complexity index is 833. The van der Waals surface area contributed by atoms with Gasteiger partial charge in [-0.3, -0.25) is 14.4 Å². The highest BCUT2D eigenvalue weighted by molar-refractivity contribution is 7.91. The number of rotatable bonds is 8. The Labute approximate surface area is 165 Å². The van der Waals surface area contributed by atoms with Crippen LogP contribution in [0.15, 0.2) is 24.3 Å². The molecule has 1 aliphatic rings. The average Bonchev–Trinajstić information content (AvgIpc) is 2.99. The molecule has 0 aliphatic carbocycles. The van der Waals surface area contributed by atoms with Crippen LogP contribution in [-0.4, -0.2) is 62.3 Å².